The molecular weight excluding hydrogens is 506 g/mol. The van der Waals surface area contributed by atoms with E-state index in [2.05, 4.69) is 28.2 Å². The van der Waals surface area contributed by atoms with Crippen LogP contribution in [-0.2, 0) is 26.0 Å². The second-order valence-corrected chi connectivity index (χ2v) is 11.4. The Morgan fingerprint density at radius 3 is 2.42 bits per heavy atom. The number of para-hydroxylation sites is 1. The van der Waals surface area contributed by atoms with Crippen molar-refractivity contribution < 1.29 is 18.0 Å². The fourth-order valence-corrected chi connectivity index (χ4v) is 5.71. The number of nitrogens with zero attached hydrogens (tertiary/aromatic N) is 2. The van der Waals surface area contributed by atoms with Crippen molar-refractivity contribution in [3.8, 4) is 0 Å². The average Bonchev–Trinajstić information content (AvgIpc) is 3.15. The van der Waals surface area contributed by atoms with Crippen LogP contribution < -0.4 is 5.32 Å². The fraction of sp³-hybridized carbons (Fsp3) is 0.333. The van der Waals surface area contributed by atoms with E-state index < -0.39 is 21.5 Å². The van der Waals surface area contributed by atoms with Crippen LogP contribution in [0.4, 0.5) is 5.69 Å². The number of carbonyl (C=O) groups excluding carboxylic acids is 2. The number of sulfone groups is 1. The second kappa shape index (κ2) is 9.69. The molecule has 174 valence electrons. The van der Waals surface area contributed by atoms with Crippen LogP contribution in [-0.4, -0.2) is 48.5 Å². The lowest BCUT2D eigenvalue weighted by Crippen LogP contribution is -2.39. The number of carbonyl (C=O) groups is 2. The number of hydrogen-bond donors (Lipinski definition) is 1. The van der Waals surface area contributed by atoms with Crippen molar-refractivity contribution >= 4 is 54.2 Å². The van der Waals surface area contributed by atoms with Gasteiger partial charge >= 0.3 is 0 Å². The van der Waals surface area contributed by atoms with Gasteiger partial charge in [-0.2, -0.15) is 0 Å². The molecule has 7 nitrogen and oxygen atoms in total. The molecule has 0 aliphatic carbocycles. The van der Waals surface area contributed by atoms with E-state index in [1.807, 2.05) is 11.0 Å². The highest BCUT2D eigenvalue weighted by Gasteiger charge is 2.26. The van der Waals surface area contributed by atoms with Gasteiger partial charge in [0.15, 0.2) is 9.84 Å². The average molecular weight is 532 g/mol. The van der Waals surface area contributed by atoms with Crippen LogP contribution in [0.5, 0.6) is 0 Å². The third-order valence-corrected chi connectivity index (χ3v) is 8.14. The van der Waals surface area contributed by atoms with Crippen molar-refractivity contribution in [3.05, 3.63) is 59.2 Å². The molecule has 2 aromatic carbocycles. The van der Waals surface area contributed by atoms with Crippen LogP contribution in [0, 0.1) is 5.92 Å². The molecule has 1 N–H and O–H groups in total. The second-order valence-electron chi connectivity index (χ2n) is 8.52. The first kappa shape index (κ1) is 23.5. The van der Waals surface area contributed by atoms with Crippen LogP contribution in [0.2, 0.25) is 0 Å². The predicted molar refractivity (Wildman–Crippen MR) is 132 cm³/mol. The van der Waals surface area contributed by atoms with Gasteiger partial charge < -0.3 is 14.8 Å². The highest BCUT2D eigenvalue weighted by atomic mass is 79.9. The molecule has 3 aromatic rings. The Morgan fingerprint density at radius 1 is 1.06 bits per heavy atom. The molecule has 33 heavy (non-hydrogen) atoms. The number of nitrogens with one attached hydrogen (secondary N) is 1. The van der Waals surface area contributed by atoms with Crippen LogP contribution in [0.15, 0.2) is 64.1 Å². The smallest absolute Gasteiger partial charge is 0.242 e. The summed E-state index contributed by atoms with van der Waals surface area (Å²) in [6.45, 7) is 3.70. The van der Waals surface area contributed by atoms with E-state index in [1.165, 1.54) is 6.20 Å². The third-order valence-electron chi connectivity index (χ3n) is 5.98. The molecule has 4 rings (SSSR count). The van der Waals surface area contributed by atoms with Gasteiger partial charge in [0.2, 0.25) is 11.8 Å². The van der Waals surface area contributed by atoms with E-state index in [1.54, 1.807) is 47.0 Å². The number of benzene rings is 2. The Labute approximate surface area is 201 Å². The standard InChI is InChI=1S/C24H26BrN3O4S/c1-17-10-12-27(13-11-17)24(30)15-28-14-22(20-4-2-3-5-21(20)28)33(31,32)16-23(29)26-19-8-6-18(25)7-9-19/h2-9,14,17H,10-13,15-16H2,1H3,(H,26,29). The van der Waals surface area contributed by atoms with Crippen LogP contribution in [0.25, 0.3) is 10.9 Å². The highest BCUT2D eigenvalue weighted by molar-refractivity contribution is 9.10. The zero-order chi connectivity index (χ0) is 23.6. The summed E-state index contributed by atoms with van der Waals surface area (Å²) in [5.74, 6) is -0.719. The molecule has 0 spiro atoms. The maximum absolute atomic E-state index is 13.2. The predicted octanol–water partition coefficient (Wildman–Crippen LogP) is 4.07. The van der Waals surface area contributed by atoms with Gasteiger partial charge in [0.25, 0.3) is 0 Å². The van der Waals surface area contributed by atoms with Crippen molar-refractivity contribution in [2.24, 2.45) is 5.92 Å². The summed E-state index contributed by atoms with van der Waals surface area (Å²) in [5, 5.41) is 3.13. The van der Waals surface area contributed by atoms with Gasteiger partial charge in [-0.25, -0.2) is 8.42 Å². The SMILES string of the molecule is CC1CCN(C(=O)Cn2cc(S(=O)(=O)CC(=O)Nc3ccc(Br)cc3)c3ccccc32)CC1. The van der Waals surface area contributed by atoms with Crippen LogP contribution in [0.1, 0.15) is 19.8 Å². The number of amides is 2. The van der Waals surface area contributed by atoms with Gasteiger partial charge in [0, 0.05) is 40.3 Å². The molecule has 0 unspecified atom stereocenters. The summed E-state index contributed by atoms with van der Waals surface area (Å²) >= 11 is 3.32. The maximum atomic E-state index is 13.2. The lowest BCUT2D eigenvalue weighted by Gasteiger charge is -2.30. The van der Waals surface area contributed by atoms with E-state index in [4.69, 9.17) is 0 Å². The number of piperidine rings is 1. The van der Waals surface area contributed by atoms with Crippen molar-refractivity contribution in [3.63, 3.8) is 0 Å². The first-order chi connectivity index (χ1) is 15.7. The zero-order valence-electron chi connectivity index (χ0n) is 18.3. The molecule has 0 bridgehead atoms. The third kappa shape index (κ3) is 5.47. The zero-order valence-corrected chi connectivity index (χ0v) is 20.7. The minimum atomic E-state index is -3.93. The van der Waals surface area contributed by atoms with Crippen LogP contribution in [0.3, 0.4) is 0 Å². The summed E-state index contributed by atoms with van der Waals surface area (Å²) in [4.78, 5) is 27.2. The molecule has 2 heterocycles. The van der Waals surface area contributed by atoms with Gasteiger partial charge in [0.05, 0.1) is 4.90 Å². The quantitative estimate of drug-likeness (QED) is 0.519. The van der Waals surface area contributed by atoms with E-state index in [-0.39, 0.29) is 17.3 Å². The molecular formula is C24H26BrN3O4S. The Bertz CT molecular complexity index is 1280. The summed E-state index contributed by atoms with van der Waals surface area (Å²) < 4.78 is 28.9. The molecule has 1 aliphatic heterocycles. The normalized spacial score (nSPS) is 15.0. The lowest BCUT2D eigenvalue weighted by molar-refractivity contribution is -0.133. The maximum Gasteiger partial charge on any atom is 0.242 e. The van der Waals surface area contributed by atoms with Crippen molar-refractivity contribution in [2.75, 3.05) is 24.2 Å². The molecule has 1 saturated heterocycles. The fourth-order valence-electron chi connectivity index (χ4n) is 4.08. The summed E-state index contributed by atoms with van der Waals surface area (Å²) in [5.41, 5.74) is 1.17. The summed E-state index contributed by atoms with van der Waals surface area (Å²) in [6, 6.07) is 14.0. The van der Waals surface area contributed by atoms with Crippen LogP contribution >= 0.6 is 15.9 Å². The summed E-state index contributed by atoms with van der Waals surface area (Å²) in [6.07, 6.45) is 3.44. The molecule has 0 radical (unpaired) electrons. The van der Waals surface area contributed by atoms with Crippen molar-refractivity contribution in [2.45, 2.75) is 31.2 Å². The monoisotopic (exact) mass is 531 g/mol. The van der Waals surface area contributed by atoms with E-state index >= 15 is 0 Å². The van der Waals surface area contributed by atoms with Gasteiger partial charge in [-0.05, 0) is 49.1 Å². The largest absolute Gasteiger partial charge is 0.341 e. The van der Waals surface area contributed by atoms with Gasteiger partial charge in [0.1, 0.15) is 12.3 Å². The lowest BCUT2D eigenvalue weighted by atomic mass is 9.99. The van der Waals surface area contributed by atoms with Gasteiger partial charge in [-0.15, -0.1) is 0 Å². The molecule has 2 amide bonds. The van der Waals surface area contributed by atoms with Crippen molar-refractivity contribution in [1.29, 1.82) is 0 Å². The molecule has 1 fully saturated rings. The van der Waals surface area contributed by atoms with Gasteiger partial charge in [-0.3, -0.25) is 9.59 Å². The summed E-state index contributed by atoms with van der Waals surface area (Å²) in [7, 11) is -3.93. The first-order valence-electron chi connectivity index (χ1n) is 10.9. The number of likely N-dealkylation sites (tertiary alicyclic amines) is 1. The van der Waals surface area contributed by atoms with Crippen molar-refractivity contribution in [1.82, 2.24) is 9.47 Å². The molecule has 0 atom stereocenters. The minimum absolute atomic E-state index is 0.0282. The first-order valence-corrected chi connectivity index (χ1v) is 13.3. The Balaban J connectivity index is 1.55. The highest BCUT2D eigenvalue weighted by Crippen LogP contribution is 2.27. The molecule has 9 heteroatoms. The molecule has 1 aromatic heterocycles. The number of aromatic nitrogens is 1. The topological polar surface area (TPSA) is 88.5 Å². The Morgan fingerprint density at radius 2 is 1.73 bits per heavy atom. The minimum Gasteiger partial charge on any atom is -0.341 e. The van der Waals surface area contributed by atoms with Gasteiger partial charge in [-0.1, -0.05) is 41.1 Å². The van der Waals surface area contributed by atoms with E-state index in [9.17, 15) is 18.0 Å². The Hall–Kier alpha value is -2.65. The molecule has 0 saturated carbocycles. The van der Waals surface area contributed by atoms with E-state index in [0.717, 1.165) is 30.4 Å². The Kier molecular flexibility index (Phi) is 6.90. The number of fused-ring (bicyclic) bond motifs is 1. The number of hydrogen-bond acceptors (Lipinski definition) is 4. The number of anilines is 1. The number of halogens is 1. The molecule has 1 aliphatic rings. The number of rotatable bonds is 6. The van der Waals surface area contributed by atoms with E-state index in [0.29, 0.717) is 22.5 Å².